The van der Waals surface area contributed by atoms with Gasteiger partial charge in [-0.1, -0.05) is 11.6 Å². The van der Waals surface area contributed by atoms with Gasteiger partial charge >= 0.3 is 0 Å². The number of rotatable bonds is 0. The van der Waals surface area contributed by atoms with Gasteiger partial charge in [0.25, 0.3) is 0 Å². The second kappa shape index (κ2) is 3.16. The minimum atomic E-state index is 0.454. The van der Waals surface area contributed by atoms with Crippen molar-refractivity contribution in [3.63, 3.8) is 0 Å². The molecular weight excluding hydrogens is 316 g/mol. The maximum absolute atomic E-state index is 5.59. The Hall–Kier alpha value is 0.650. The topological polar surface area (TPSA) is 12.9 Å². The third kappa shape index (κ3) is 2.05. The average molecular weight is 317 g/mol. The van der Waals surface area contributed by atoms with Gasteiger partial charge in [0.15, 0.2) is 0 Å². The predicted octanol–water partition coefficient (Wildman–Crippen LogP) is 2.90. The van der Waals surface area contributed by atoms with Crippen molar-refractivity contribution in [1.82, 2.24) is 4.98 Å². The maximum atomic E-state index is 5.59. The predicted molar refractivity (Wildman–Crippen MR) is 48.5 cm³/mol. The highest BCUT2D eigenvalue weighted by Gasteiger charge is 1.96. The van der Waals surface area contributed by atoms with Crippen molar-refractivity contribution < 1.29 is 0 Å². The molecule has 0 N–H and O–H groups in total. The molecule has 0 spiro atoms. The first kappa shape index (κ1) is 7.75. The fraction of sp³-hybridized carbons (Fsp3) is 0. The Morgan fingerprint density at radius 2 is 2.44 bits per heavy atom. The van der Waals surface area contributed by atoms with Crippen molar-refractivity contribution in [1.29, 1.82) is 0 Å². The number of aromatic nitrogens is 1. The molecule has 0 aliphatic rings. The van der Waals surface area contributed by atoms with Gasteiger partial charge in [0.1, 0.15) is 11.3 Å². The smallest absolute Gasteiger partial charge is 0.144 e. The van der Waals surface area contributed by atoms with Crippen molar-refractivity contribution in [2.45, 2.75) is 0 Å². The van der Waals surface area contributed by atoms with Gasteiger partial charge in [0, 0.05) is 3.57 Å². The molecular formula is C5HBrClIN. The molecule has 1 radical (unpaired) electrons. The highest BCUT2D eigenvalue weighted by Crippen LogP contribution is 2.20. The maximum Gasteiger partial charge on any atom is 0.144 e. The summed E-state index contributed by atoms with van der Waals surface area (Å²) in [6.07, 6.45) is 2.72. The van der Waals surface area contributed by atoms with Crippen molar-refractivity contribution in [3.8, 4) is 0 Å². The van der Waals surface area contributed by atoms with E-state index in [9.17, 15) is 0 Å². The average Bonchev–Trinajstić information content (AvgIpc) is 1.80. The van der Waals surface area contributed by atoms with Crippen LogP contribution in [0.5, 0.6) is 0 Å². The third-order valence-electron chi connectivity index (χ3n) is 0.711. The molecule has 0 saturated heterocycles. The molecule has 0 bridgehead atoms. The van der Waals surface area contributed by atoms with Crippen LogP contribution in [-0.2, 0) is 0 Å². The van der Waals surface area contributed by atoms with Crippen LogP contribution in [0, 0.1) is 9.77 Å². The van der Waals surface area contributed by atoms with E-state index in [2.05, 4.69) is 49.7 Å². The first-order chi connectivity index (χ1) is 4.20. The second-order valence-electron chi connectivity index (χ2n) is 1.35. The largest absolute Gasteiger partial charge is 0.232 e. The van der Waals surface area contributed by atoms with Crippen LogP contribution in [0.25, 0.3) is 0 Å². The summed E-state index contributed by atoms with van der Waals surface area (Å²) < 4.78 is 1.76. The molecule has 1 nitrogen and oxygen atoms in total. The van der Waals surface area contributed by atoms with E-state index in [-0.39, 0.29) is 0 Å². The van der Waals surface area contributed by atoms with Crippen molar-refractivity contribution >= 4 is 50.1 Å². The highest BCUT2D eigenvalue weighted by atomic mass is 127. The van der Waals surface area contributed by atoms with Crippen molar-refractivity contribution in [2.24, 2.45) is 0 Å². The van der Waals surface area contributed by atoms with Crippen molar-refractivity contribution in [2.75, 3.05) is 0 Å². The quantitative estimate of drug-likeness (QED) is 0.530. The summed E-state index contributed by atoms with van der Waals surface area (Å²) in [5.41, 5.74) is 0. The van der Waals surface area contributed by atoms with Gasteiger partial charge in [-0.25, -0.2) is 4.98 Å². The van der Waals surface area contributed by atoms with Gasteiger partial charge in [0.2, 0.25) is 0 Å². The fourth-order valence-electron chi connectivity index (χ4n) is 0.359. The fourth-order valence-corrected chi connectivity index (χ4v) is 1.63. The summed E-state index contributed by atoms with van der Waals surface area (Å²) in [5.74, 6) is 0. The molecule has 1 rings (SSSR count). The number of hydrogen-bond donors (Lipinski definition) is 0. The molecule has 0 amide bonds. The first-order valence-corrected chi connectivity index (χ1v) is 4.34. The Balaban J connectivity index is 3.17. The van der Waals surface area contributed by atoms with Crippen LogP contribution in [0.2, 0.25) is 5.15 Å². The van der Waals surface area contributed by atoms with Gasteiger partial charge in [0.05, 0.1) is 4.47 Å². The van der Waals surface area contributed by atoms with Gasteiger partial charge < -0.3 is 0 Å². The molecule has 9 heavy (non-hydrogen) atoms. The van der Waals surface area contributed by atoms with E-state index >= 15 is 0 Å². The minimum absolute atomic E-state index is 0.454. The summed E-state index contributed by atoms with van der Waals surface area (Å²) in [6.45, 7) is 0. The Morgan fingerprint density at radius 1 is 1.78 bits per heavy atom. The lowest BCUT2D eigenvalue weighted by Gasteiger charge is -1.91. The summed E-state index contributed by atoms with van der Waals surface area (Å²) in [5, 5.41) is 0.454. The Morgan fingerprint density at radius 3 is 2.89 bits per heavy atom. The van der Waals surface area contributed by atoms with Crippen LogP contribution < -0.4 is 0 Å². The Bertz CT molecular complexity index is 228. The number of halogens is 3. The normalized spacial score (nSPS) is 9.67. The summed E-state index contributed by atoms with van der Waals surface area (Å²) in [7, 11) is 0. The molecule has 1 heterocycles. The number of hydrogen-bond acceptors (Lipinski definition) is 1. The summed E-state index contributed by atoms with van der Waals surface area (Å²) >= 11 is 10.9. The molecule has 0 saturated carbocycles. The van der Waals surface area contributed by atoms with Crippen LogP contribution in [0.4, 0.5) is 0 Å². The highest BCUT2D eigenvalue weighted by molar-refractivity contribution is 14.1. The van der Waals surface area contributed by atoms with Crippen LogP contribution in [0.15, 0.2) is 10.5 Å². The molecule has 0 fully saturated rings. The molecule has 47 valence electrons. The van der Waals surface area contributed by atoms with Crippen LogP contribution in [0.3, 0.4) is 0 Å². The number of nitrogens with zero attached hydrogens (tertiary/aromatic N) is 1. The van der Waals surface area contributed by atoms with Gasteiger partial charge in [-0.05, 0) is 44.6 Å². The molecule has 4 heteroatoms. The monoisotopic (exact) mass is 316 g/mol. The minimum Gasteiger partial charge on any atom is -0.232 e. The summed E-state index contributed by atoms with van der Waals surface area (Å²) in [6, 6.07) is 1.86. The van der Waals surface area contributed by atoms with Crippen LogP contribution >= 0.6 is 50.1 Å². The molecule has 0 aliphatic carbocycles. The molecule has 0 atom stereocenters. The molecule has 1 aromatic heterocycles. The van der Waals surface area contributed by atoms with Crippen molar-refractivity contribution in [3.05, 3.63) is 25.5 Å². The summed E-state index contributed by atoms with van der Waals surface area (Å²) in [4.78, 5) is 3.76. The Labute approximate surface area is 80.1 Å². The van der Waals surface area contributed by atoms with E-state index in [1.165, 1.54) is 0 Å². The van der Waals surface area contributed by atoms with Crippen LogP contribution in [0.1, 0.15) is 0 Å². The SMILES string of the molecule is Clc1n[c]c(I)cc1Br. The van der Waals surface area contributed by atoms with E-state index in [1.807, 2.05) is 6.07 Å². The zero-order chi connectivity index (χ0) is 6.85. The number of pyridine rings is 1. The van der Waals surface area contributed by atoms with Gasteiger partial charge in [-0.2, -0.15) is 0 Å². The molecule has 0 aromatic carbocycles. The molecule has 0 aliphatic heterocycles. The lowest BCUT2D eigenvalue weighted by atomic mass is 10.5. The third-order valence-corrected chi connectivity index (χ3v) is 2.38. The van der Waals surface area contributed by atoms with Gasteiger partial charge in [-0.15, -0.1) is 0 Å². The van der Waals surface area contributed by atoms with E-state index in [0.717, 1.165) is 8.04 Å². The zero-order valence-corrected chi connectivity index (χ0v) is 8.66. The zero-order valence-electron chi connectivity index (χ0n) is 4.16. The molecule has 1 aromatic rings. The Kier molecular flexibility index (Phi) is 2.73. The van der Waals surface area contributed by atoms with E-state index in [1.54, 1.807) is 0 Å². The molecule has 0 unspecified atom stereocenters. The lowest BCUT2D eigenvalue weighted by Crippen LogP contribution is -1.78. The van der Waals surface area contributed by atoms with E-state index < -0.39 is 0 Å². The van der Waals surface area contributed by atoms with E-state index in [0.29, 0.717) is 5.15 Å². The first-order valence-electron chi connectivity index (χ1n) is 2.09. The van der Waals surface area contributed by atoms with Crippen LogP contribution in [-0.4, -0.2) is 4.98 Å². The lowest BCUT2D eigenvalue weighted by molar-refractivity contribution is 1.27. The standard InChI is InChI=1S/C5HBrClIN/c6-4-1-3(8)2-9-5(4)7/h1H. The second-order valence-corrected chi connectivity index (χ2v) is 3.73. The van der Waals surface area contributed by atoms with Gasteiger partial charge in [-0.3, -0.25) is 0 Å². The van der Waals surface area contributed by atoms with E-state index in [4.69, 9.17) is 11.6 Å².